The molecule has 1 unspecified atom stereocenters. The van der Waals surface area contributed by atoms with Crippen LogP contribution in [0.1, 0.15) is 25.8 Å². The number of phenols is 1. The minimum Gasteiger partial charge on any atom is -0.504 e. The highest BCUT2D eigenvalue weighted by atomic mass is 16.5. The number of phenolic OH excluding ortho intramolecular Hbond substituents is 1. The number of methoxy groups -OCH3 is 1. The van der Waals surface area contributed by atoms with Gasteiger partial charge in [0.05, 0.1) is 20.1 Å². The number of rotatable bonds is 9. The minimum absolute atomic E-state index is 0.0319. The molecule has 0 saturated heterocycles. The molecule has 1 aromatic rings. The van der Waals surface area contributed by atoms with E-state index in [0.29, 0.717) is 10.6 Å². The fourth-order valence-corrected chi connectivity index (χ4v) is 2.08. The van der Waals surface area contributed by atoms with Crippen molar-refractivity contribution in [2.75, 3.05) is 20.3 Å². The van der Waals surface area contributed by atoms with Crippen molar-refractivity contribution >= 4 is 11.9 Å². The molecule has 0 spiro atoms. The Balaban J connectivity index is 2.46. The van der Waals surface area contributed by atoms with Crippen LogP contribution in [0, 0.1) is 5.92 Å². The summed E-state index contributed by atoms with van der Waals surface area (Å²) in [6, 6.07) is 4.01. The normalized spacial score (nSPS) is 13.0. The van der Waals surface area contributed by atoms with Gasteiger partial charge >= 0.3 is 5.97 Å². The zero-order valence-corrected chi connectivity index (χ0v) is 14.9. The monoisotopic (exact) mass is 355 g/mol. The molecule has 140 valence electrons. The molecule has 0 aliphatic carbocycles. The van der Waals surface area contributed by atoms with Gasteiger partial charge in [-0.25, -0.2) is 9.86 Å². The van der Waals surface area contributed by atoms with Crippen LogP contribution in [0.2, 0.25) is 0 Å². The molecule has 0 aliphatic heterocycles. The Morgan fingerprint density at radius 3 is 2.64 bits per heavy atom. The Hall–Kier alpha value is -2.32. The van der Waals surface area contributed by atoms with E-state index < -0.39 is 17.9 Å². The summed E-state index contributed by atoms with van der Waals surface area (Å²) in [7, 11) is 1.41. The van der Waals surface area contributed by atoms with Gasteiger partial charge in [0.15, 0.2) is 17.5 Å². The molecule has 0 heterocycles. The molecule has 8 heteroatoms. The van der Waals surface area contributed by atoms with Gasteiger partial charge in [-0.1, -0.05) is 19.9 Å². The first kappa shape index (κ1) is 20.7. The van der Waals surface area contributed by atoms with Crippen molar-refractivity contribution in [3.05, 3.63) is 23.8 Å². The van der Waals surface area contributed by atoms with E-state index in [-0.39, 0.29) is 37.0 Å². The summed E-state index contributed by atoms with van der Waals surface area (Å²) in [4.78, 5) is 23.8. The van der Waals surface area contributed by atoms with Crippen LogP contribution >= 0.6 is 0 Å². The average molecular weight is 355 g/mol. The SMILES string of the molecule is CCC(C)[C@H]([NH3+])C(=O)OCCN(O)C(=O)Cc1ccc(O)c(OC)c1. The number of nitrogens with zero attached hydrogens (tertiary/aromatic N) is 1. The van der Waals surface area contributed by atoms with Gasteiger partial charge in [0.1, 0.15) is 6.61 Å². The van der Waals surface area contributed by atoms with Crippen LogP contribution in [0.25, 0.3) is 0 Å². The second-order valence-corrected chi connectivity index (χ2v) is 5.86. The molecular weight excluding hydrogens is 328 g/mol. The number of carbonyl (C=O) groups excluding carboxylic acids is 2. The van der Waals surface area contributed by atoms with Crippen molar-refractivity contribution in [1.82, 2.24) is 5.06 Å². The highest BCUT2D eigenvalue weighted by Crippen LogP contribution is 2.26. The number of carbonyl (C=O) groups is 2. The molecule has 0 fully saturated rings. The van der Waals surface area contributed by atoms with Gasteiger partial charge in [0, 0.05) is 5.92 Å². The lowest BCUT2D eigenvalue weighted by atomic mass is 10.0. The van der Waals surface area contributed by atoms with Crippen LogP contribution in [0.4, 0.5) is 0 Å². The molecule has 1 amide bonds. The van der Waals surface area contributed by atoms with Gasteiger partial charge in [0.25, 0.3) is 0 Å². The molecule has 0 radical (unpaired) electrons. The molecule has 0 bridgehead atoms. The quantitative estimate of drug-likeness (QED) is 0.334. The molecule has 0 saturated carbocycles. The van der Waals surface area contributed by atoms with Crippen molar-refractivity contribution in [2.45, 2.75) is 32.7 Å². The molecule has 8 nitrogen and oxygen atoms in total. The summed E-state index contributed by atoms with van der Waals surface area (Å²) in [5.74, 6) is -0.690. The largest absolute Gasteiger partial charge is 0.504 e. The number of hydrogen-bond acceptors (Lipinski definition) is 6. The molecule has 25 heavy (non-hydrogen) atoms. The highest BCUT2D eigenvalue weighted by molar-refractivity contribution is 5.78. The van der Waals surface area contributed by atoms with Crippen LogP contribution < -0.4 is 10.5 Å². The number of aromatic hydroxyl groups is 1. The van der Waals surface area contributed by atoms with Gasteiger partial charge < -0.3 is 20.3 Å². The summed E-state index contributed by atoms with van der Waals surface area (Å²) < 4.78 is 10.0. The number of esters is 1. The van der Waals surface area contributed by atoms with Gasteiger partial charge in [-0.15, -0.1) is 0 Å². The number of ether oxygens (including phenoxy) is 2. The minimum atomic E-state index is -0.558. The van der Waals surface area contributed by atoms with E-state index in [1.807, 2.05) is 13.8 Å². The van der Waals surface area contributed by atoms with E-state index in [9.17, 15) is 19.9 Å². The highest BCUT2D eigenvalue weighted by Gasteiger charge is 2.25. The van der Waals surface area contributed by atoms with E-state index in [1.165, 1.54) is 19.2 Å². The van der Waals surface area contributed by atoms with E-state index >= 15 is 0 Å². The Morgan fingerprint density at radius 2 is 2.04 bits per heavy atom. The fourth-order valence-electron chi connectivity index (χ4n) is 2.08. The second kappa shape index (κ2) is 9.85. The van der Waals surface area contributed by atoms with Crippen molar-refractivity contribution in [3.63, 3.8) is 0 Å². The number of hydrogen-bond donors (Lipinski definition) is 3. The number of hydroxylamine groups is 2. The van der Waals surface area contributed by atoms with E-state index in [4.69, 9.17) is 9.47 Å². The Kier molecular flexibility index (Phi) is 8.17. The maximum Gasteiger partial charge on any atom is 0.365 e. The molecule has 1 rings (SSSR count). The second-order valence-electron chi connectivity index (χ2n) is 5.86. The smallest absolute Gasteiger partial charge is 0.365 e. The summed E-state index contributed by atoms with van der Waals surface area (Å²) in [6.07, 6.45) is 0.732. The summed E-state index contributed by atoms with van der Waals surface area (Å²) in [6.45, 7) is 3.63. The van der Waals surface area contributed by atoms with Gasteiger partial charge in [0.2, 0.25) is 5.91 Å². The predicted molar refractivity (Wildman–Crippen MR) is 89.0 cm³/mol. The zero-order chi connectivity index (χ0) is 19.0. The van der Waals surface area contributed by atoms with Crippen LogP contribution in [0.3, 0.4) is 0 Å². The van der Waals surface area contributed by atoms with E-state index in [1.54, 1.807) is 6.07 Å². The topological polar surface area (TPSA) is 124 Å². The molecule has 5 N–H and O–H groups in total. The molecular formula is C17H27N2O6+. The van der Waals surface area contributed by atoms with Crippen molar-refractivity contribution < 1.29 is 35.1 Å². The van der Waals surface area contributed by atoms with Gasteiger partial charge in [-0.05, 0) is 24.1 Å². The molecule has 0 aromatic heterocycles. The first-order chi connectivity index (χ1) is 11.8. The molecule has 1 aromatic carbocycles. The Labute approximate surface area is 147 Å². The zero-order valence-electron chi connectivity index (χ0n) is 14.9. The van der Waals surface area contributed by atoms with Crippen molar-refractivity contribution in [2.24, 2.45) is 5.92 Å². The van der Waals surface area contributed by atoms with E-state index in [0.717, 1.165) is 6.42 Å². The third kappa shape index (κ3) is 6.24. The third-order valence-electron chi connectivity index (χ3n) is 4.07. The fraction of sp³-hybridized carbons (Fsp3) is 0.529. The number of benzene rings is 1. The summed E-state index contributed by atoms with van der Waals surface area (Å²) in [5.41, 5.74) is 4.35. The first-order valence-corrected chi connectivity index (χ1v) is 8.14. The van der Waals surface area contributed by atoms with Gasteiger partial charge in [-0.3, -0.25) is 10.0 Å². The lowest BCUT2D eigenvalue weighted by Crippen LogP contribution is -2.68. The summed E-state index contributed by atoms with van der Waals surface area (Å²) >= 11 is 0. The average Bonchev–Trinajstić information content (AvgIpc) is 2.61. The van der Waals surface area contributed by atoms with Crippen LogP contribution in [-0.2, 0) is 20.7 Å². The van der Waals surface area contributed by atoms with Crippen molar-refractivity contribution in [1.29, 1.82) is 0 Å². The van der Waals surface area contributed by atoms with Crippen LogP contribution in [0.15, 0.2) is 18.2 Å². The lowest BCUT2D eigenvalue weighted by Gasteiger charge is -2.17. The molecule has 2 atom stereocenters. The first-order valence-electron chi connectivity index (χ1n) is 8.14. The van der Waals surface area contributed by atoms with Crippen molar-refractivity contribution in [3.8, 4) is 11.5 Å². The third-order valence-corrected chi connectivity index (χ3v) is 4.07. The standard InChI is InChI=1S/C17H26N2O6/c1-4-11(2)16(18)17(22)25-8-7-19(23)15(21)10-12-5-6-13(20)14(9-12)24-3/h5-6,9,11,16,20,23H,4,7-8,10,18H2,1-3H3/p+1/t11?,16-/m0/s1. The molecule has 0 aliphatic rings. The number of amides is 1. The van der Waals surface area contributed by atoms with Crippen LogP contribution in [0.5, 0.6) is 11.5 Å². The van der Waals surface area contributed by atoms with Gasteiger partial charge in [-0.2, -0.15) is 0 Å². The van der Waals surface area contributed by atoms with E-state index in [2.05, 4.69) is 5.73 Å². The predicted octanol–water partition coefficient (Wildman–Crippen LogP) is 0.361. The Bertz CT molecular complexity index is 593. The maximum atomic E-state index is 12.0. The lowest BCUT2D eigenvalue weighted by molar-refractivity contribution is -0.420. The summed E-state index contributed by atoms with van der Waals surface area (Å²) in [5, 5.41) is 19.8. The Morgan fingerprint density at radius 1 is 1.36 bits per heavy atom. The number of quaternary nitrogens is 1. The van der Waals surface area contributed by atoms with Crippen LogP contribution in [-0.4, -0.2) is 53.6 Å². The maximum absolute atomic E-state index is 12.0.